The third kappa shape index (κ3) is 2.80. The van der Waals surface area contributed by atoms with Gasteiger partial charge in [0.05, 0.1) is 24.1 Å². The number of methoxy groups -OCH3 is 1. The van der Waals surface area contributed by atoms with Crippen molar-refractivity contribution in [1.82, 2.24) is 9.78 Å². The number of aliphatic carboxylic acids is 1. The highest BCUT2D eigenvalue weighted by atomic mass is 16.5. The molecule has 0 atom stereocenters. The van der Waals surface area contributed by atoms with E-state index in [-0.39, 0.29) is 12.1 Å². The lowest BCUT2D eigenvalue weighted by Gasteiger charge is -2.06. The van der Waals surface area contributed by atoms with Gasteiger partial charge in [0.15, 0.2) is 0 Å². The molecular formula is C16H14N2O5. The first-order chi connectivity index (χ1) is 11.0. The minimum Gasteiger partial charge on any atom is -0.497 e. The lowest BCUT2D eigenvalue weighted by molar-refractivity contribution is -0.137. The quantitative estimate of drug-likeness (QED) is 0.741. The predicted octanol–water partition coefficient (Wildman–Crippen LogP) is 2.06. The van der Waals surface area contributed by atoms with Crippen LogP contribution in [0.3, 0.4) is 0 Å². The summed E-state index contributed by atoms with van der Waals surface area (Å²) in [5.74, 6) is -0.409. The Balaban J connectivity index is 2.21. The van der Waals surface area contributed by atoms with Crippen molar-refractivity contribution in [2.75, 3.05) is 7.11 Å². The van der Waals surface area contributed by atoms with Crippen LogP contribution in [-0.4, -0.2) is 28.0 Å². The van der Waals surface area contributed by atoms with Gasteiger partial charge in [0.25, 0.3) is 0 Å². The number of fused-ring (bicyclic) bond motifs is 1. The van der Waals surface area contributed by atoms with E-state index in [4.69, 9.17) is 14.3 Å². The van der Waals surface area contributed by atoms with Gasteiger partial charge < -0.3 is 14.3 Å². The van der Waals surface area contributed by atoms with Crippen LogP contribution in [0.1, 0.15) is 5.69 Å². The molecule has 2 aromatic heterocycles. The SMILES string of the molecule is COc1ccc2oc(=O)c(-c3cc(C)nn3CC(=O)O)cc2c1. The summed E-state index contributed by atoms with van der Waals surface area (Å²) in [6.45, 7) is 1.40. The van der Waals surface area contributed by atoms with Gasteiger partial charge in [-0.2, -0.15) is 5.10 Å². The Kier molecular flexibility index (Phi) is 3.61. The molecule has 3 aromatic rings. The Bertz CT molecular complexity index is 955. The van der Waals surface area contributed by atoms with Gasteiger partial charge in [-0.15, -0.1) is 0 Å². The molecule has 2 heterocycles. The van der Waals surface area contributed by atoms with Crippen molar-refractivity contribution in [3.63, 3.8) is 0 Å². The van der Waals surface area contributed by atoms with Crippen molar-refractivity contribution < 1.29 is 19.1 Å². The number of benzene rings is 1. The van der Waals surface area contributed by atoms with E-state index in [0.717, 1.165) is 0 Å². The molecule has 0 aliphatic heterocycles. The molecule has 7 nitrogen and oxygen atoms in total. The first-order valence-corrected chi connectivity index (χ1v) is 6.86. The van der Waals surface area contributed by atoms with Crippen molar-refractivity contribution in [2.24, 2.45) is 0 Å². The first-order valence-electron chi connectivity index (χ1n) is 6.86. The molecule has 0 amide bonds. The molecule has 1 N–H and O–H groups in total. The van der Waals surface area contributed by atoms with Crippen LogP contribution in [0.4, 0.5) is 0 Å². The smallest absolute Gasteiger partial charge is 0.345 e. The lowest BCUT2D eigenvalue weighted by Crippen LogP contribution is -2.14. The molecular weight excluding hydrogens is 300 g/mol. The van der Waals surface area contributed by atoms with Crippen LogP contribution in [-0.2, 0) is 11.3 Å². The molecule has 0 aliphatic rings. The van der Waals surface area contributed by atoms with E-state index in [1.807, 2.05) is 0 Å². The van der Waals surface area contributed by atoms with E-state index in [1.54, 1.807) is 44.4 Å². The van der Waals surface area contributed by atoms with Crippen molar-refractivity contribution in [2.45, 2.75) is 13.5 Å². The van der Waals surface area contributed by atoms with E-state index in [0.29, 0.717) is 28.1 Å². The lowest BCUT2D eigenvalue weighted by atomic mass is 10.1. The highest BCUT2D eigenvalue weighted by Gasteiger charge is 2.16. The molecule has 0 fully saturated rings. The standard InChI is InChI=1S/C16H14N2O5/c1-9-5-13(18(17-9)8-15(19)20)12-7-10-6-11(22-2)3-4-14(10)23-16(12)21/h3-7H,8H2,1-2H3,(H,19,20). The zero-order chi connectivity index (χ0) is 16.6. The second kappa shape index (κ2) is 5.60. The van der Waals surface area contributed by atoms with E-state index in [2.05, 4.69) is 5.10 Å². The second-order valence-electron chi connectivity index (χ2n) is 5.07. The maximum absolute atomic E-state index is 12.2. The molecule has 0 unspecified atom stereocenters. The molecule has 0 radical (unpaired) electrons. The second-order valence-corrected chi connectivity index (χ2v) is 5.07. The molecule has 1 aromatic carbocycles. The molecule has 0 saturated carbocycles. The summed E-state index contributed by atoms with van der Waals surface area (Å²) in [5.41, 5.74) is 1.16. The van der Waals surface area contributed by atoms with E-state index in [1.165, 1.54) is 4.68 Å². The van der Waals surface area contributed by atoms with E-state index >= 15 is 0 Å². The Labute approximate surface area is 130 Å². The Morgan fingerprint density at radius 2 is 2.13 bits per heavy atom. The number of hydrogen-bond acceptors (Lipinski definition) is 5. The molecule has 7 heteroatoms. The van der Waals surface area contributed by atoms with Gasteiger partial charge in [0, 0.05) is 5.39 Å². The molecule has 0 bridgehead atoms. The summed E-state index contributed by atoms with van der Waals surface area (Å²) in [6, 6.07) is 8.40. The van der Waals surface area contributed by atoms with Gasteiger partial charge in [-0.3, -0.25) is 9.48 Å². The van der Waals surface area contributed by atoms with Crippen LogP contribution in [0.5, 0.6) is 5.75 Å². The van der Waals surface area contributed by atoms with E-state index < -0.39 is 11.6 Å². The number of hydrogen-bond donors (Lipinski definition) is 1. The minimum absolute atomic E-state index is 0.257. The van der Waals surface area contributed by atoms with Gasteiger partial charge in [-0.25, -0.2) is 4.79 Å². The van der Waals surface area contributed by atoms with Crippen LogP contribution >= 0.6 is 0 Å². The third-order valence-electron chi connectivity index (χ3n) is 3.40. The van der Waals surface area contributed by atoms with Crippen LogP contribution in [0.15, 0.2) is 39.5 Å². The van der Waals surface area contributed by atoms with Crippen molar-refractivity contribution >= 4 is 16.9 Å². The normalized spacial score (nSPS) is 10.9. The first kappa shape index (κ1) is 14.8. The van der Waals surface area contributed by atoms with Crippen molar-refractivity contribution in [3.05, 3.63) is 46.4 Å². The predicted molar refractivity (Wildman–Crippen MR) is 82.6 cm³/mol. The number of aromatic nitrogens is 2. The van der Waals surface area contributed by atoms with Gasteiger partial charge >= 0.3 is 11.6 Å². The van der Waals surface area contributed by atoms with Crippen LogP contribution < -0.4 is 10.4 Å². The molecule has 3 rings (SSSR count). The van der Waals surface area contributed by atoms with Crippen molar-refractivity contribution in [3.8, 4) is 17.0 Å². The number of carboxylic acid groups (broad SMARTS) is 1. The summed E-state index contributed by atoms with van der Waals surface area (Å²) in [6.07, 6.45) is 0. The number of rotatable bonds is 4. The van der Waals surface area contributed by atoms with Gasteiger partial charge in [0.2, 0.25) is 0 Å². The Hall–Kier alpha value is -3.09. The molecule has 118 valence electrons. The largest absolute Gasteiger partial charge is 0.497 e. The zero-order valence-electron chi connectivity index (χ0n) is 12.6. The number of nitrogens with zero attached hydrogens (tertiary/aromatic N) is 2. The van der Waals surface area contributed by atoms with Crippen molar-refractivity contribution in [1.29, 1.82) is 0 Å². The minimum atomic E-state index is -1.04. The fraction of sp³-hybridized carbons (Fsp3) is 0.188. The average molecular weight is 314 g/mol. The fourth-order valence-corrected chi connectivity index (χ4v) is 2.42. The highest BCUT2D eigenvalue weighted by molar-refractivity contribution is 5.82. The molecule has 23 heavy (non-hydrogen) atoms. The van der Waals surface area contributed by atoms with E-state index in [9.17, 15) is 9.59 Å². The third-order valence-corrected chi connectivity index (χ3v) is 3.40. The fourth-order valence-electron chi connectivity index (χ4n) is 2.42. The summed E-state index contributed by atoms with van der Waals surface area (Å²) in [7, 11) is 1.55. The monoisotopic (exact) mass is 314 g/mol. The number of carboxylic acids is 1. The van der Waals surface area contributed by atoms with Gasteiger partial charge in [-0.05, 0) is 37.3 Å². The molecule has 0 spiro atoms. The molecule has 0 aliphatic carbocycles. The Morgan fingerprint density at radius 1 is 1.35 bits per heavy atom. The zero-order valence-corrected chi connectivity index (χ0v) is 12.6. The average Bonchev–Trinajstić information content (AvgIpc) is 2.85. The van der Waals surface area contributed by atoms with Gasteiger partial charge in [0.1, 0.15) is 17.9 Å². The maximum Gasteiger partial charge on any atom is 0.345 e. The van der Waals surface area contributed by atoms with Crippen LogP contribution in [0.25, 0.3) is 22.2 Å². The number of carbonyl (C=O) groups is 1. The summed E-state index contributed by atoms with van der Waals surface area (Å²) < 4.78 is 11.8. The highest BCUT2D eigenvalue weighted by Crippen LogP contribution is 2.25. The summed E-state index contributed by atoms with van der Waals surface area (Å²) in [5, 5.41) is 13.8. The topological polar surface area (TPSA) is 94.6 Å². The number of ether oxygens (including phenoxy) is 1. The van der Waals surface area contributed by atoms with Gasteiger partial charge in [-0.1, -0.05) is 0 Å². The number of aryl methyl sites for hydroxylation is 1. The maximum atomic E-state index is 12.2. The molecule has 0 saturated heterocycles. The summed E-state index contributed by atoms with van der Waals surface area (Å²) >= 11 is 0. The Morgan fingerprint density at radius 3 is 2.83 bits per heavy atom. The summed E-state index contributed by atoms with van der Waals surface area (Å²) in [4.78, 5) is 23.2. The van der Waals surface area contributed by atoms with Crippen LogP contribution in [0.2, 0.25) is 0 Å². The van der Waals surface area contributed by atoms with Crippen LogP contribution in [0, 0.1) is 6.92 Å².